The van der Waals surface area contributed by atoms with E-state index in [0.717, 1.165) is 31.6 Å². The van der Waals surface area contributed by atoms with Crippen LogP contribution in [0.4, 0.5) is 5.69 Å². The van der Waals surface area contributed by atoms with E-state index in [2.05, 4.69) is 53.4 Å². The average Bonchev–Trinajstić information content (AvgIpc) is 2.90. The van der Waals surface area contributed by atoms with Gasteiger partial charge in [0.1, 0.15) is 0 Å². The molecule has 118 valence electrons. The summed E-state index contributed by atoms with van der Waals surface area (Å²) < 4.78 is 2.27. The summed E-state index contributed by atoms with van der Waals surface area (Å²) in [4.78, 5) is 12.3. The van der Waals surface area contributed by atoms with Crippen molar-refractivity contribution in [2.45, 2.75) is 45.7 Å². The topological polar surface area (TPSA) is 46.1 Å². The van der Waals surface area contributed by atoms with Gasteiger partial charge in [-0.05, 0) is 49.6 Å². The molecule has 0 radical (unpaired) electrons. The number of piperidine rings is 1. The Labute approximate surface area is 131 Å². The minimum absolute atomic E-state index is 0.0463. The molecule has 1 fully saturated rings. The highest BCUT2D eigenvalue weighted by Gasteiger charge is 2.20. The first kappa shape index (κ1) is 15.1. The Hall–Kier alpha value is -1.81. The van der Waals surface area contributed by atoms with E-state index in [0.29, 0.717) is 5.92 Å². The molecule has 3 rings (SSSR count). The highest BCUT2D eigenvalue weighted by molar-refractivity contribution is 5.97. The number of anilines is 1. The molecular weight excluding hydrogens is 274 g/mol. The zero-order valence-electron chi connectivity index (χ0n) is 13.4. The minimum Gasteiger partial charge on any atom is -0.347 e. The van der Waals surface area contributed by atoms with Gasteiger partial charge in [-0.1, -0.05) is 20.3 Å². The minimum atomic E-state index is -0.0463. The molecule has 1 aromatic heterocycles. The second kappa shape index (κ2) is 6.53. The van der Waals surface area contributed by atoms with Crippen LogP contribution in [0, 0.1) is 5.92 Å². The third-order valence-corrected chi connectivity index (χ3v) is 4.23. The summed E-state index contributed by atoms with van der Waals surface area (Å²) in [6.45, 7) is 6.39. The number of nitrogens with one attached hydrogen (secondary N) is 2. The fourth-order valence-corrected chi connectivity index (χ4v) is 3.14. The summed E-state index contributed by atoms with van der Waals surface area (Å²) in [5.41, 5.74) is 2.11. The van der Waals surface area contributed by atoms with Crippen molar-refractivity contribution >= 4 is 22.5 Å². The van der Waals surface area contributed by atoms with E-state index in [-0.39, 0.29) is 11.9 Å². The SMILES string of the molecule is CC(C)Cn1ccc2cc(NC(=O)[C@H]3CCCCN3)ccc21. The summed E-state index contributed by atoms with van der Waals surface area (Å²) in [5, 5.41) is 7.50. The lowest BCUT2D eigenvalue weighted by molar-refractivity contribution is -0.118. The molecule has 2 aromatic rings. The molecule has 1 amide bonds. The van der Waals surface area contributed by atoms with E-state index < -0.39 is 0 Å². The van der Waals surface area contributed by atoms with Crippen molar-refractivity contribution in [3.8, 4) is 0 Å². The number of benzene rings is 1. The standard InChI is InChI=1S/C18H25N3O/c1-13(2)12-21-10-8-14-11-15(6-7-17(14)21)20-18(22)16-5-3-4-9-19-16/h6-8,10-11,13,16,19H,3-5,9,12H2,1-2H3,(H,20,22)/t16-/m1/s1. The smallest absolute Gasteiger partial charge is 0.241 e. The molecule has 0 saturated carbocycles. The maximum absolute atomic E-state index is 12.3. The van der Waals surface area contributed by atoms with Crippen molar-refractivity contribution < 1.29 is 4.79 Å². The Morgan fingerprint density at radius 1 is 1.36 bits per heavy atom. The van der Waals surface area contributed by atoms with Gasteiger partial charge in [-0.2, -0.15) is 0 Å². The number of hydrogen-bond donors (Lipinski definition) is 2. The molecule has 4 heteroatoms. The van der Waals surface area contributed by atoms with Crippen molar-refractivity contribution in [1.29, 1.82) is 0 Å². The van der Waals surface area contributed by atoms with Gasteiger partial charge in [0, 0.05) is 29.3 Å². The Kier molecular flexibility index (Phi) is 4.48. The highest BCUT2D eigenvalue weighted by atomic mass is 16.2. The molecule has 1 aliphatic rings. The first-order valence-corrected chi connectivity index (χ1v) is 8.26. The summed E-state index contributed by atoms with van der Waals surface area (Å²) in [7, 11) is 0. The number of rotatable bonds is 4. The monoisotopic (exact) mass is 299 g/mol. The number of hydrogen-bond acceptors (Lipinski definition) is 2. The number of carbonyl (C=O) groups is 1. The van der Waals surface area contributed by atoms with Crippen molar-refractivity contribution in [3.05, 3.63) is 30.5 Å². The van der Waals surface area contributed by atoms with Crippen molar-refractivity contribution in [1.82, 2.24) is 9.88 Å². The molecule has 0 aliphatic carbocycles. The summed E-state index contributed by atoms with van der Waals surface area (Å²) in [6.07, 6.45) is 5.35. The number of carbonyl (C=O) groups excluding carboxylic acids is 1. The van der Waals surface area contributed by atoms with Crippen LogP contribution in [0.5, 0.6) is 0 Å². The van der Waals surface area contributed by atoms with E-state index in [1.54, 1.807) is 0 Å². The Morgan fingerprint density at radius 2 is 2.23 bits per heavy atom. The predicted octanol–water partition coefficient (Wildman–Crippen LogP) is 3.38. The normalized spacial score (nSPS) is 18.8. The molecule has 1 atom stereocenters. The Bertz CT molecular complexity index is 653. The van der Waals surface area contributed by atoms with Crippen LogP contribution < -0.4 is 10.6 Å². The van der Waals surface area contributed by atoms with Gasteiger partial charge in [0.2, 0.25) is 5.91 Å². The average molecular weight is 299 g/mol. The molecule has 0 spiro atoms. The number of nitrogens with zero attached hydrogens (tertiary/aromatic N) is 1. The van der Waals surface area contributed by atoms with Gasteiger partial charge in [0.05, 0.1) is 6.04 Å². The van der Waals surface area contributed by atoms with E-state index >= 15 is 0 Å². The fraction of sp³-hybridized carbons (Fsp3) is 0.500. The van der Waals surface area contributed by atoms with Crippen molar-refractivity contribution in [2.24, 2.45) is 5.92 Å². The van der Waals surface area contributed by atoms with Gasteiger partial charge in [-0.3, -0.25) is 4.79 Å². The summed E-state index contributed by atoms with van der Waals surface area (Å²) >= 11 is 0. The van der Waals surface area contributed by atoms with Gasteiger partial charge >= 0.3 is 0 Å². The van der Waals surface area contributed by atoms with E-state index in [1.807, 2.05) is 6.07 Å². The molecule has 22 heavy (non-hydrogen) atoms. The fourth-order valence-electron chi connectivity index (χ4n) is 3.14. The van der Waals surface area contributed by atoms with Gasteiger partial charge in [-0.15, -0.1) is 0 Å². The van der Waals surface area contributed by atoms with Crippen molar-refractivity contribution in [3.63, 3.8) is 0 Å². The molecule has 2 heterocycles. The lowest BCUT2D eigenvalue weighted by Gasteiger charge is -2.22. The van der Waals surface area contributed by atoms with Crippen LogP contribution in [-0.2, 0) is 11.3 Å². The van der Waals surface area contributed by atoms with E-state index in [9.17, 15) is 4.79 Å². The Balaban J connectivity index is 1.73. The molecule has 1 aromatic carbocycles. The van der Waals surface area contributed by atoms with E-state index in [1.165, 1.54) is 17.3 Å². The summed E-state index contributed by atoms with van der Waals surface area (Å²) in [5.74, 6) is 0.702. The van der Waals surface area contributed by atoms with Gasteiger partial charge in [-0.25, -0.2) is 0 Å². The van der Waals surface area contributed by atoms with Crippen LogP contribution in [0.3, 0.4) is 0 Å². The molecule has 4 nitrogen and oxygen atoms in total. The lowest BCUT2D eigenvalue weighted by Crippen LogP contribution is -2.43. The molecule has 1 aliphatic heterocycles. The van der Waals surface area contributed by atoms with Crippen molar-refractivity contribution in [2.75, 3.05) is 11.9 Å². The van der Waals surface area contributed by atoms with Gasteiger partial charge in [0.25, 0.3) is 0 Å². The summed E-state index contributed by atoms with van der Waals surface area (Å²) in [6, 6.07) is 8.23. The highest BCUT2D eigenvalue weighted by Crippen LogP contribution is 2.22. The van der Waals surface area contributed by atoms with Gasteiger partial charge < -0.3 is 15.2 Å². The maximum atomic E-state index is 12.3. The van der Waals surface area contributed by atoms with Crippen LogP contribution in [-0.4, -0.2) is 23.1 Å². The molecular formula is C18H25N3O. The van der Waals surface area contributed by atoms with Crippen LogP contribution in [0.2, 0.25) is 0 Å². The van der Waals surface area contributed by atoms with E-state index in [4.69, 9.17) is 0 Å². The lowest BCUT2D eigenvalue weighted by atomic mass is 10.0. The number of aromatic nitrogens is 1. The van der Waals surface area contributed by atoms with Crippen LogP contribution in [0.15, 0.2) is 30.5 Å². The zero-order chi connectivity index (χ0) is 15.5. The quantitative estimate of drug-likeness (QED) is 0.909. The molecule has 0 unspecified atom stereocenters. The predicted molar refractivity (Wildman–Crippen MR) is 91.0 cm³/mol. The first-order valence-electron chi connectivity index (χ1n) is 8.26. The third-order valence-electron chi connectivity index (χ3n) is 4.23. The maximum Gasteiger partial charge on any atom is 0.241 e. The molecule has 1 saturated heterocycles. The van der Waals surface area contributed by atoms with Crippen LogP contribution in [0.1, 0.15) is 33.1 Å². The number of fused-ring (bicyclic) bond motifs is 1. The van der Waals surface area contributed by atoms with Crippen LogP contribution >= 0.6 is 0 Å². The first-order chi connectivity index (χ1) is 10.6. The number of amides is 1. The largest absolute Gasteiger partial charge is 0.347 e. The van der Waals surface area contributed by atoms with Crippen LogP contribution in [0.25, 0.3) is 10.9 Å². The zero-order valence-corrected chi connectivity index (χ0v) is 13.4. The third kappa shape index (κ3) is 3.33. The van der Waals surface area contributed by atoms with Gasteiger partial charge in [0.15, 0.2) is 0 Å². The Morgan fingerprint density at radius 3 is 2.95 bits per heavy atom. The molecule has 2 N–H and O–H groups in total. The second-order valence-corrected chi connectivity index (χ2v) is 6.63. The molecule has 0 bridgehead atoms. The second-order valence-electron chi connectivity index (χ2n) is 6.63.